The second kappa shape index (κ2) is 10.0. The van der Waals surface area contributed by atoms with Gasteiger partial charge in [0.1, 0.15) is 6.54 Å². The number of likely N-dealkylation sites (tertiary alicyclic amines) is 1. The molecule has 0 bridgehead atoms. The number of anilines is 2. The molecule has 2 aromatic carbocycles. The summed E-state index contributed by atoms with van der Waals surface area (Å²) < 4.78 is 0. The van der Waals surface area contributed by atoms with Gasteiger partial charge >= 0.3 is 0 Å². The average Bonchev–Trinajstić information content (AvgIpc) is 3.20. The molecule has 0 spiro atoms. The molecule has 1 fully saturated rings. The number of carbonyl (C=O) groups excluding carboxylic acids is 1. The number of hydrogen-bond donors (Lipinski definition) is 1. The summed E-state index contributed by atoms with van der Waals surface area (Å²) in [7, 11) is 8.20. The van der Waals surface area contributed by atoms with Gasteiger partial charge in [0.15, 0.2) is 0 Å². The van der Waals surface area contributed by atoms with Gasteiger partial charge in [-0.05, 0) is 47.9 Å². The van der Waals surface area contributed by atoms with Gasteiger partial charge in [-0.1, -0.05) is 31.2 Å². The summed E-state index contributed by atoms with van der Waals surface area (Å²) in [6.07, 6.45) is 3.41. The van der Waals surface area contributed by atoms with Gasteiger partial charge in [0, 0.05) is 52.1 Å². The largest absolute Gasteiger partial charge is 0.378 e. The fourth-order valence-electron chi connectivity index (χ4n) is 5.17. The summed E-state index contributed by atoms with van der Waals surface area (Å²) in [6.45, 7) is 6.92. The van der Waals surface area contributed by atoms with Crippen molar-refractivity contribution in [3.8, 4) is 0 Å². The first-order valence-corrected chi connectivity index (χ1v) is 12.3. The van der Waals surface area contributed by atoms with E-state index in [-0.39, 0.29) is 17.9 Å². The number of quaternary nitrogens is 1. The highest BCUT2D eigenvalue weighted by atomic mass is 16.2. The third-order valence-electron chi connectivity index (χ3n) is 6.92. The monoisotopic (exact) mass is 460 g/mol. The summed E-state index contributed by atoms with van der Waals surface area (Å²) in [5, 5.41) is 6.67. The SMILES string of the molecule is CCC[NH+]1C/C(=C\c2ccc(N(C)C)cc2)C2=NN(C(C)=O)[C@@H](c3ccc(N(C)C)cc3)[C@@H]2C1. The Labute approximate surface area is 204 Å². The van der Waals surface area contributed by atoms with Crippen molar-refractivity contribution in [2.45, 2.75) is 26.3 Å². The fourth-order valence-corrected chi connectivity index (χ4v) is 5.17. The van der Waals surface area contributed by atoms with Crippen LogP contribution in [0.25, 0.3) is 6.08 Å². The van der Waals surface area contributed by atoms with E-state index in [1.165, 1.54) is 16.8 Å². The van der Waals surface area contributed by atoms with E-state index in [4.69, 9.17) is 5.10 Å². The van der Waals surface area contributed by atoms with Crippen molar-refractivity contribution in [3.63, 3.8) is 0 Å². The number of nitrogens with one attached hydrogen (secondary N) is 1. The Balaban J connectivity index is 1.72. The van der Waals surface area contributed by atoms with E-state index in [9.17, 15) is 4.79 Å². The van der Waals surface area contributed by atoms with Crippen LogP contribution in [0.4, 0.5) is 11.4 Å². The van der Waals surface area contributed by atoms with E-state index in [2.05, 4.69) is 85.4 Å². The first-order valence-electron chi connectivity index (χ1n) is 12.3. The Hall–Kier alpha value is -3.12. The van der Waals surface area contributed by atoms with Gasteiger partial charge in [0.05, 0.1) is 30.8 Å². The Morgan fingerprint density at radius 1 is 1.03 bits per heavy atom. The highest BCUT2D eigenvalue weighted by Crippen LogP contribution is 2.39. The molecule has 0 aromatic heterocycles. The lowest BCUT2D eigenvalue weighted by Crippen LogP contribution is -3.14. The Kier molecular flexibility index (Phi) is 7.08. The number of benzene rings is 2. The van der Waals surface area contributed by atoms with Gasteiger partial charge in [0.25, 0.3) is 0 Å². The summed E-state index contributed by atoms with van der Waals surface area (Å²) >= 11 is 0. The first-order chi connectivity index (χ1) is 16.3. The second-order valence-electron chi connectivity index (χ2n) is 9.92. The van der Waals surface area contributed by atoms with Crippen LogP contribution in [0.15, 0.2) is 59.2 Å². The molecule has 1 saturated heterocycles. The molecule has 0 saturated carbocycles. The highest BCUT2D eigenvalue weighted by molar-refractivity contribution is 6.08. The van der Waals surface area contributed by atoms with Crippen LogP contribution in [0.3, 0.4) is 0 Å². The van der Waals surface area contributed by atoms with Gasteiger partial charge in [0.2, 0.25) is 5.91 Å². The van der Waals surface area contributed by atoms with Crippen LogP contribution in [0.5, 0.6) is 0 Å². The smallest absolute Gasteiger partial charge is 0.240 e. The number of piperidine rings is 1. The molecule has 2 aromatic rings. The molecule has 2 aliphatic rings. The molecular formula is C28H38N5O+. The van der Waals surface area contributed by atoms with Crippen molar-refractivity contribution in [2.75, 3.05) is 57.6 Å². The van der Waals surface area contributed by atoms with Gasteiger partial charge in [-0.15, -0.1) is 0 Å². The van der Waals surface area contributed by atoms with E-state index in [1.807, 2.05) is 14.1 Å². The van der Waals surface area contributed by atoms with E-state index in [0.717, 1.165) is 43.0 Å². The van der Waals surface area contributed by atoms with E-state index in [1.54, 1.807) is 16.8 Å². The minimum absolute atomic E-state index is 0.00434. The van der Waals surface area contributed by atoms with Crippen LogP contribution in [0.2, 0.25) is 0 Å². The molecule has 0 radical (unpaired) electrons. The van der Waals surface area contributed by atoms with Crippen LogP contribution in [-0.2, 0) is 4.79 Å². The standard InChI is InChI=1S/C28H37N5O/c1-7-16-32-18-23(17-21-8-12-24(13-9-21)30(3)4)27-26(19-32)28(33(29-27)20(2)34)22-10-14-25(15-11-22)31(5)6/h8-15,17,26,28H,7,16,18-19H2,1-6H3/p+1/b23-17+/t26-,28+/m1/s1. The van der Waals surface area contributed by atoms with Crippen molar-refractivity contribution >= 4 is 29.1 Å². The van der Waals surface area contributed by atoms with Crippen LogP contribution in [0, 0.1) is 5.92 Å². The van der Waals surface area contributed by atoms with Gasteiger partial charge < -0.3 is 14.7 Å². The summed E-state index contributed by atoms with van der Waals surface area (Å²) in [6, 6.07) is 17.2. The lowest BCUT2D eigenvalue weighted by molar-refractivity contribution is -0.899. The van der Waals surface area contributed by atoms with E-state index < -0.39 is 0 Å². The Bertz CT molecular complexity index is 1070. The van der Waals surface area contributed by atoms with Gasteiger partial charge in [-0.3, -0.25) is 4.79 Å². The van der Waals surface area contributed by atoms with Crippen molar-refractivity contribution < 1.29 is 9.69 Å². The molecule has 1 amide bonds. The highest BCUT2D eigenvalue weighted by Gasteiger charge is 2.46. The zero-order valence-electron chi connectivity index (χ0n) is 21.4. The fraction of sp³-hybridized carbons (Fsp3) is 0.429. The number of hydrogen-bond acceptors (Lipinski definition) is 4. The maximum atomic E-state index is 12.7. The average molecular weight is 461 g/mol. The van der Waals surface area contributed by atoms with Crippen molar-refractivity contribution in [2.24, 2.45) is 11.0 Å². The second-order valence-corrected chi connectivity index (χ2v) is 9.92. The first kappa shape index (κ1) is 24.0. The third kappa shape index (κ3) is 4.87. The molecule has 6 nitrogen and oxygen atoms in total. The molecule has 34 heavy (non-hydrogen) atoms. The molecule has 180 valence electrons. The predicted molar refractivity (Wildman–Crippen MR) is 142 cm³/mol. The van der Waals surface area contributed by atoms with Crippen LogP contribution in [-0.4, -0.2) is 64.5 Å². The number of hydrazone groups is 1. The zero-order valence-corrected chi connectivity index (χ0v) is 21.4. The number of amides is 1. The molecule has 3 atom stereocenters. The lowest BCUT2D eigenvalue weighted by atomic mass is 9.83. The number of rotatable bonds is 6. The summed E-state index contributed by atoms with van der Waals surface area (Å²) in [5.74, 6) is 0.187. The summed E-state index contributed by atoms with van der Waals surface area (Å²) in [5.41, 5.74) is 6.99. The number of fused-ring (bicyclic) bond motifs is 1. The molecule has 1 unspecified atom stereocenters. The quantitative estimate of drug-likeness (QED) is 0.721. The third-order valence-corrected chi connectivity index (χ3v) is 6.92. The lowest BCUT2D eigenvalue weighted by Gasteiger charge is -2.33. The van der Waals surface area contributed by atoms with Crippen molar-refractivity contribution in [3.05, 3.63) is 65.2 Å². The van der Waals surface area contributed by atoms with Crippen LogP contribution in [0.1, 0.15) is 37.4 Å². The molecular weight excluding hydrogens is 422 g/mol. The molecule has 4 rings (SSSR count). The van der Waals surface area contributed by atoms with Crippen molar-refractivity contribution in [1.29, 1.82) is 0 Å². The molecule has 6 heteroatoms. The van der Waals surface area contributed by atoms with Gasteiger partial charge in [-0.2, -0.15) is 5.10 Å². The molecule has 0 aliphatic carbocycles. The van der Waals surface area contributed by atoms with Crippen LogP contribution >= 0.6 is 0 Å². The maximum Gasteiger partial charge on any atom is 0.240 e. The minimum Gasteiger partial charge on any atom is -0.378 e. The molecule has 2 heterocycles. The summed E-state index contributed by atoms with van der Waals surface area (Å²) in [4.78, 5) is 18.5. The number of nitrogens with zero attached hydrogens (tertiary/aromatic N) is 4. The molecule has 1 N–H and O–H groups in total. The van der Waals surface area contributed by atoms with E-state index >= 15 is 0 Å². The van der Waals surface area contributed by atoms with Crippen LogP contribution < -0.4 is 14.7 Å². The number of carbonyl (C=O) groups is 1. The molecule has 2 aliphatic heterocycles. The normalized spacial score (nSPS) is 23.0. The topological polar surface area (TPSA) is 43.6 Å². The maximum absolute atomic E-state index is 12.7. The Morgan fingerprint density at radius 2 is 1.62 bits per heavy atom. The predicted octanol–water partition coefficient (Wildman–Crippen LogP) is 3.09. The van der Waals surface area contributed by atoms with Crippen molar-refractivity contribution in [1.82, 2.24) is 5.01 Å². The van der Waals surface area contributed by atoms with Gasteiger partial charge in [-0.25, -0.2) is 5.01 Å². The minimum atomic E-state index is -0.0598. The zero-order chi connectivity index (χ0) is 24.4. The Morgan fingerprint density at radius 3 is 2.15 bits per heavy atom. The van der Waals surface area contributed by atoms with E-state index in [0.29, 0.717) is 0 Å².